The number of anilines is 6. The van der Waals surface area contributed by atoms with E-state index in [9.17, 15) is 0 Å². The summed E-state index contributed by atoms with van der Waals surface area (Å²) in [5.74, 6) is 0. The van der Waals surface area contributed by atoms with Gasteiger partial charge in [0.05, 0.1) is 5.69 Å². The molecule has 0 aliphatic heterocycles. The summed E-state index contributed by atoms with van der Waals surface area (Å²) < 4.78 is 0. The van der Waals surface area contributed by atoms with Gasteiger partial charge in [-0.05, 0) is 127 Å². The summed E-state index contributed by atoms with van der Waals surface area (Å²) in [5, 5.41) is 4.96. The quantitative estimate of drug-likeness (QED) is 0.152. The number of para-hydroxylation sites is 1. The summed E-state index contributed by atoms with van der Waals surface area (Å²) in [5.41, 5.74) is 16.6. The zero-order valence-corrected chi connectivity index (χ0v) is 34.3. The van der Waals surface area contributed by atoms with Crippen LogP contribution in [0.25, 0.3) is 54.9 Å². The first-order chi connectivity index (χ1) is 30.0. The first kappa shape index (κ1) is 36.4. The lowest BCUT2D eigenvalue weighted by atomic mass is 9.82. The molecule has 0 heterocycles. The minimum Gasteiger partial charge on any atom is -0.310 e. The number of nitrogens with zero attached hydrogens (tertiary/aromatic N) is 2. The molecule has 0 aromatic heterocycles. The Balaban J connectivity index is 1.01. The van der Waals surface area contributed by atoms with E-state index in [1.807, 2.05) is 0 Å². The van der Waals surface area contributed by atoms with Crippen LogP contribution in [0.1, 0.15) is 25.0 Å². The van der Waals surface area contributed by atoms with Crippen LogP contribution in [0.4, 0.5) is 34.1 Å². The fraction of sp³-hybridized carbons (Fsp3) is 0.0508. The van der Waals surface area contributed by atoms with Gasteiger partial charge in [-0.25, -0.2) is 0 Å². The van der Waals surface area contributed by atoms with Crippen molar-refractivity contribution in [2.75, 3.05) is 9.80 Å². The SMILES string of the molecule is CC1(C)c2cc(N(c3ccc(-c4ccccc4)cc3)c3ccc(-c4cccc5ccccc45)cc3)ccc2-c2ccc(N(c3ccccc3)c3cccc4ccccc34)cc21. The number of hydrogen-bond acceptors (Lipinski definition) is 2. The summed E-state index contributed by atoms with van der Waals surface area (Å²) in [7, 11) is 0. The van der Waals surface area contributed by atoms with E-state index in [4.69, 9.17) is 0 Å². The van der Waals surface area contributed by atoms with Crippen LogP contribution < -0.4 is 9.80 Å². The maximum Gasteiger partial charge on any atom is 0.0540 e. The summed E-state index contributed by atoms with van der Waals surface area (Å²) in [6, 6.07) is 84.1. The Morgan fingerprint density at radius 3 is 1.38 bits per heavy atom. The molecule has 0 fully saturated rings. The van der Waals surface area contributed by atoms with E-state index in [2.05, 4.69) is 254 Å². The molecule has 0 atom stereocenters. The Bertz CT molecular complexity index is 3190. The van der Waals surface area contributed by atoms with Crippen molar-refractivity contribution in [3.8, 4) is 33.4 Å². The van der Waals surface area contributed by atoms with Gasteiger partial charge in [-0.1, -0.05) is 178 Å². The van der Waals surface area contributed by atoms with Gasteiger partial charge in [0.2, 0.25) is 0 Å². The van der Waals surface area contributed by atoms with Gasteiger partial charge < -0.3 is 9.80 Å². The second-order valence-corrected chi connectivity index (χ2v) is 16.6. The molecule has 290 valence electrons. The van der Waals surface area contributed by atoms with Gasteiger partial charge in [0.1, 0.15) is 0 Å². The van der Waals surface area contributed by atoms with E-state index in [0.717, 1.165) is 28.4 Å². The van der Waals surface area contributed by atoms with Crippen LogP contribution in [-0.2, 0) is 5.41 Å². The van der Waals surface area contributed by atoms with E-state index in [1.54, 1.807) is 0 Å². The van der Waals surface area contributed by atoms with Gasteiger partial charge >= 0.3 is 0 Å². The topological polar surface area (TPSA) is 6.48 Å². The molecule has 1 aliphatic carbocycles. The van der Waals surface area contributed by atoms with E-state index >= 15 is 0 Å². The van der Waals surface area contributed by atoms with Crippen LogP contribution in [-0.4, -0.2) is 0 Å². The Labute approximate surface area is 358 Å². The Morgan fingerprint density at radius 2 is 0.738 bits per heavy atom. The lowest BCUT2D eigenvalue weighted by Crippen LogP contribution is -2.17. The van der Waals surface area contributed by atoms with E-state index < -0.39 is 0 Å². The third-order valence-corrected chi connectivity index (χ3v) is 12.6. The van der Waals surface area contributed by atoms with Crippen molar-refractivity contribution in [2.24, 2.45) is 0 Å². The fourth-order valence-corrected chi connectivity index (χ4v) is 9.55. The van der Waals surface area contributed by atoms with Gasteiger partial charge in [-0.3, -0.25) is 0 Å². The van der Waals surface area contributed by atoms with Crippen molar-refractivity contribution in [3.05, 3.63) is 242 Å². The van der Waals surface area contributed by atoms with E-state index in [1.165, 1.54) is 71.7 Å². The average Bonchev–Trinajstić information content (AvgIpc) is 3.55. The molecule has 0 N–H and O–H groups in total. The van der Waals surface area contributed by atoms with Crippen molar-refractivity contribution < 1.29 is 0 Å². The second-order valence-electron chi connectivity index (χ2n) is 16.6. The molecule has 61 heavy (non-hydrogen) atoms. The molecule has 0 unspecified atom stereocenters. The molecule has 1 aliphatic rings. The first-order valence-electron chi connectivity index (χ1n) is 21.2. The third kappa shape index (κ3) is 6.36. The molecule has 11 rings (SSSR count). The molecule has 0 bridgehead atoms. The van der Waals surface area contributed by atoms with Gasteiger partial charge in [0, 0.05) is 39.2 Å². The average molecular weight is 781 g/mol. The van der Waals surface area contributed by atoms with Crippen molar-refractivity contribution >= 4 is 55.7 Å². The molecule has 0 spiro atoms. The van der Waals surface area contributed by atoms with Crippen LogP contribution in [0.3, 0.4) is 0 Å². The Morgan fingerprint density at radius 1 is 0.295 bits per heavy atom. The highest BCUT2D eigenvalue weighted by atomic mass is 15.1. The molecule has 2 heteroatoms. The molecule has 0 amide bonds. The smallest absolute Gasteiger partial charge is 0.0540 e. The lowest BCUT2D eigenvalue weighted by molar-refractivity contribution is 0.660. The standard InChI is InChI=1S/C59H44N2/c1-59(2)56-39-49(35-37-54(56)55-38-36-50(40-57(55)59)61(46-21-7-4-8-22-46)58-26-14-20-44-18-10-12-24-53(44)58)60(47-31-27-42(28-32-47)41-15-5-3-6-16-41)48-33-29-45(30-34-48)52-25-13-19-43-17-9-11-23-51(43)52/h3-40H,1-2H3. The molecule has 0 saturated heterocycles. The van der Waals surface area contributed by atoms with E-state index in [-0.39, 0.29) is 5.41 Å². The molecule has 0 radical (unpaired) electrons. The monoisotopic (exact) mass is 780 g/mol. The molecule has 2 nitrogen and oxygen atoms in total. The van der Waals surface area contributed by atoms with Crippen molar-refractivity contribution in [1.29, 1.82) is 0 Å². The molecular formula is C59H44N2. The lowest BCUT2D eigenvalue weighted by Gasteiger charge is -2.29. The van der Waals surface area contributed by atoms with Crippen molar-refractivity contribution in [1.82, 2.24) is 0 Å². The van der Waals surface area contributed by atoms with Gasteiger partial charge in [0.25, 0.3) is 0 Å². The number of rotatable bonds is 8. The highest BCUT2D eigenvalue weighted by Gasteiger charge is 2.37. The predicted octanol–water partition coefficient (Wildman–Crippen LogP) is 16.6. The zero-order valence-electron chi connectivity index (χ0n) is 34.3. The summed E-state index contributed by atoms with van der Waals surface area (Å²) in [4.78, 5) is 4.82. The molecule has 10 aromatic carbocycles. The molecule has 10 aromatic rings. The highest BCUT2D eigenvalue weighted by molar-refractivity contribution is 6.00. The number of hydrogen-bond donors (Lipinski definition) is 0. The van der Waals surface area contributed by atoms with Crippen molar-refractivity contribution in [3.63, 3.8) is 0 Å². The molecular weight excluding hydrogens is 737 g/mol. The van der Waals surface area contributed by atoms with Crippen LogP contribution in [0.2, 0.25) is 0 Å². The Kier molecular flexibility index (Phi) is 8.86. The summed E-state index contributed by atoms with van der Waals surface area (Å²) >= 11 is 0. The van der Waals surface area contributed by atoms with Gasteiger partial charge in [-0.15, -0.1) is 0 Å². The maximum atomic E-state index is 2.43. The van der Waals surface area contributed by atoms with Crippen molar-refractivity contribution in [2.45, 2.75) is 19.3 Å². The minimum absolute atomic E-state index is 0.251. The van der Waals surface area contributed by atoms with Crippen LogP contribution in [0.5, 0.6) is 0 Å². The van der Waals surface area contributed by atoms with Crippen LogP contribution in [0, 0.1) is 0 Å². The fourth-order valence-electron chi connectivity index (χ4n) is 9.55. The largest absolute Gasteiger partial charge is 0.310 e. The number of fused-ring (bicyclic) bond motifs is 5. The van der Waals surface area contributed by atoms with Gasteiger partial charge in [0.15, 0.2) is 0 Å². The summed E-state index contributed by atoms with van der Waals surface area (Å²) in [6.07, 6.45) is 0. The van der Waals surface area contributed by atoms with E-state index in [0.29, 0.717) is 0 Å². The predicted molar refractivity (Wildman–Crippen MR) is 259 cm³/mol. The second kappa shape index (κ2) is 14.9. The minimum atomic E-state index is -0.251. The molecule has 0 saturated carbocycles. The number of benzene rings is 10. The van der Waals surface area contributed by atoms with Gasteiger partial charge in [-0.2, -0.15) is 0 Å². The summed E-state index contributed by atoms with van der Waals surface area (Å²) in [6.45, 7) is 4.77. The maximum absolute atomic E-state index is 2.43. The first-order valence-corrected chi connectivity index (χ1v) is 21.2. The zero-order chi connectivity index (χ0) is 40.9. The highest BCUT2D eigenvalue weighted by Crippen LogP contribution is 2.53. The third-order valence-electron chi connectivity index (χ3n) is 12.6. The Hall–Kier alpha value is -7.68. The van der Waals surface area contributed by atoms with Crippen LogP contribution in [0.15, 0.2) is 231 Å². The normalized spacial score (nSPS) is 12.6. The van der Waals surface area contributed by atoms with Crippen LogP contribution >= 0.6 is 0 Å².